The van der Waals surface area contributed by atoms with Crippen LogP contribution in [0.15, 0.2) is 60.9 Å². The van der Waals surface area contributed by atoms with Crippen molar-refractivity contribution in [3.05, 3.63) is 77.5 Å². The molecule has 9 heteroatoms. The van der Waals surface area contributed by atoms with E-state index in [1.54, 1.807) is 6.07 Å². The Hall–Kier alpha value is -3.23. The zero-order valence-electron chi connectivity index (χ0n) is 18.8. The van der Waals surface area contributed by atoms with E-state index in [4.69, 9.17) is 16.6 Å². The van der Waals surface area contributed by atoms with E-state index < -0.39 is 0 Å². The molecule has 5 rings (SSSR count). The summed E-state index contributed by atoms with van der Waals surface area (Å²) >= 11 is 5.91. The lowest BCUT2D eigenvalue weighted by atomic mass is 10.1. The number of anilines is 2. The first kappa shape index (κ1) is 22.6. The summed E-state index contributed by atoms with van der Waals surface area (Å²) in [6, 6.07) is 16.9. The predicted molar refractivity (Wildman–Crippen MR) is 134 cm³/mol. The molecule has 0 aliphatic carbocycles. The molecule has 2 aromatic heterocycles. The van der Waals surface area contributed by atoms with Crippen molar-refractivity contribution in [2.75, 3.05) is 36.8 Å². The van der Waals surface area contributed by atoms with Gasteiger partial charge in [-0.2, -0.15) is 0 Å². The van der Waals surface area contributed by atoms with Crippen molar-refractivity contribution in [1.29, 1.82) is 0 Å². The smallest absolute Gasteiger partial charge is 0.204 e. The number of aromatic nitrogens is 4. The highest BCUT2D eigenvalue weighted by molar-refractivity contribution is 6.29. The van der Waals surface area contributed by atoms with Gasteiger partial charge in [0, 0.05) is 38.3 Å². The first-order valence-electron chi connectivity index (χ1n) is 11.5. The Kier molecular flexibility index (Phi) is 6.87. The van der Waals surface area contributed by atoms with Crippen LogP contribution in [0.2, 0.25) is 5.15 Å². The Labute approximate surface area is 203 Å². The van der Waals surface area contributed by atoms with Crippen LogP contribution in [0.25, 0.3) is 11.0 Å². The average molecular weight is 480 g/mol. The predicted octanol–water partition coefficient (Wildman–Crippen LogP) is 4.66. The van der Waals surface area contributed by atoms with E-state index in [2.05, 4.69) is 36.1 Å². The van der Waals surface area contributed by atoms with Crippen LogP contribution in [-0.2, 0) is 6.54 Å². The van der Waals surface area contributed by atoms with Crippen molar-refractivity contribution in [2.45, 2.75) is 25.4 Å². The van der Waals surface area contributed by atoms with E-state index in [9.17, 15) is 4.39 Å². The standard InChI is InChI=1S/C25H27ClFN7/c26-23-15-24(30-17-29-23)28-11-14-33-12-9-20(10-13-33)31-25-32-21-3-1-2-4-22(21)34(25)16-18-5-7-19(27)8-6-18/h1-8,15,17,20H,9-14,16H2,(H,31,32)(H,28,29,30). The second-order valence-electron chi connectivity index (χ2n) is 8.55. The average Bonchev–Trinajstić information content (AvgIpc) is 3.18. The van der Waals surface area contributed by atoms with Crippen LogP contribution >= 0.6 is 11.6 Å². The Morgan fingerprint density at radius 2 is 1.82 bits per heavy atom. The molecule has 0 unspecified atom stereocenters. The molecule has 1 fully saturated rings. The monoisotopic (exact) mass is 479 g/mol. The lowest BCUT2D eigenvalue weighted by molar-refractivity contribution is 0.226. The van der Waals surface area contributed by atoms with E-state index >= 15 is 0 Å². The fraction of sp³-hybridized carbons (Fsp3) is 0.320. The van der Waals surface area contributed by atoms with E-state index in [0.717, 1.165) is 67.4 Å². The van der Waals surface area contributed by atoms with Crippen LogP contribution in [0, 0.1) is 5.82 Å². The van der Waals surface area contributed by atoms with Crippen molar-refractivity contribution in [3.63, 3.8) is 0 Å². The van der Waals surface area contributed by atoms with Crippen LogP contribution < -0.4 is 10.6 Å². The molecule has 0 bridgehead atoms. The Morgan fingerprint density at radius 3 is 2.62 bits per heavy atom. The van der Waals surface area contributed by atoms with Crippen molar-refractivity contribution >= 4 is 34.4 Å². The largest absolute Gasteiger partial charge is 0.369 e. The van der Waals surface area contributed by atoms with Crippen molar-refractivity contribution in [3.8, 4) is 0 Å². The summed E-state index contributed by atoms with van der Waals surface area (Å²) in [6.07, 6.45) is 3.55. The quantitative estimate of drug-likeness (QED) is 0.358. The highest BCUT2D eigenvalue weighted by Gasteiger charge is 2.21. The third-order valence-electron chi connectivity index (χ3n) is 6.20. The van der Waals surface area contributed by atoms with Crippen molar-refractivity contribution in [2.24, 2.45) is 0 Å². The van der Waals surface area contributed by atoms with Crippen LogP contribution in [0.3, 0.4) is 0 Å². The lowest BCUT2D eigenvalue weighted by Crippen LogP contribution is -2.41. The summed E-state index contributed by atoms with van der Waals surface area (Å²) in [5.41, 5.74) is 3.07. The fourth-order valence-corrected chi connectivity index (χ4v) is 4.52. The summed E-state index contributed by atoms with van der Waals surface area (Å²) in [4.78, 5) is 15.4. The van der Waals surface area contributed by atoms with Gasteiger partial charge >= 0.3 is 0 Å². The zero-order valence-corrected chi connectivity index (χ0v) is 19.5. The summed E-state index contributed by atoms with van der Waals surface area (Å²) in [5, 5.41) is 7.43. The Morgan fingerprint density at radius 1 is 1.03 bits per heavy atom. The van der Waals surface area contributed by atoms with Gasteiger partial charge in [-0.25, -0.2) is 19.3 Å². The van der Waals surface area contributed by atoms with Crippen LogP contribution in [0.1, 0.15) is 18.4 Å². The molecule has 4 aromatic rings. The molecule has 2 N–H and O–H groups in total. The topological polar surface area (TPSA) is 70.9 Å². The fourth-order valence-electron chi connectivity index (χ4n) is 4.37. The number of nitrogens with one attached hydrogen (secondary N) is 2. The van der Waals surface area contributed by atoms with Gasteiger partial charge in [0.05, 0.1) is 17.6 Å². The van der Waals surface area contributed by atoms with E-state index in [0.29, 0.717) is 17.7 Å². The second kappa shape index (κ2) is 10.4. The highest BCUT2D eigenvalue weighted by Crippen LogP contribution is 2.24. The van der Waals surface area contributed by atoms with Gasteiger partial charge in [-0.05, 0) is 42.7 Å². The molecule has 1 saturated heterocycles. The van der Waals surface area contributed by atoms with Crippen LogP contribution in [0.5, 0.6) is 0 Å². The zero-order chi connectivity index (χ0) is 23.3. The molecular weight excluding hydrogens is 453 g/mol. The van der Waals surface area contributed by atoms with Gasteiger partial charge < -0.3 is 20.1 Å². The molecule has 34 heavy (non-hydrogen) atoms. The van der Waals surface area contributed by atoms with Gasteiger partial charge in [0.15, 0.2) is 0 Å². The molecule has 7 nitrogen and oxygen atoms in total. The molecule has 1 aliphatic heterocycles. The maximum Gasteiger partial charge on any atom is 0.204 e. The number of likely N-dealkylation sites (tertiary alicyclic amines) is 1. The van der Waals surface area contributed by atoms with Crippen molar-refractivity contribution in [1.82, 2.24) is 24.4 Å². The minimum absolute atomic E-state index is 0.222. The SMILES string of the molecule is Fc1ccc(Cn2c(NC3CCN(CCNc4cc(Cl)ncn4)CC3)nc3ccccc32)cc1. The van der Waals surface area contributed by atoms with Gasteiger partial charge in [0.2, 0.25) is 5.95 Å². The maximum atomic E-state index is 13.4. The molecule has 0 spiro atoms. The van der Waals surface area contributed by atoms with E-state index in [-0.39, 0.29) is 5.82 Å². The van der Waals surface area contributed by atoms with Gasteiger partial charge in [-0.3, -0.25) is 0 Å². The van der Waals surface area contributed by atoms with Crippen LogP contribution in [-0.4, -0.2) is 56.6 Å². The van der Waals surface area contributed by atoms with E-state index in [1.165, 1.54) is 18.5 Å². The molecule has 0 saturated carbocycles. The highest BCUT2D eigenvalue weighted by atomic mass is 35.5. The van der Waals surface area contributed by atoms with Crippen LogP contribution in [0.4, 0.5) is 16.2 Å². The number of fused-ring (bicyclic) bond motifs is 1. The molecule has 0 radical (unpaired) electrons. The number of piperidine rings is 1. The normalized spacial score (nSPS) is 15.0. The Bertz CT molecular complexity index is 1240. The summed E-state index contributed by atoms with van der Waals surface area (Å²) in [7, 11) is 0. The number of imidazole rings is 1. The minimum Gasteiger partial charge on any atom is -0.369 e. The number of nitrogens with zero attached hydrogens (tertiary/aromatic N) is 5. The molecule has 3 heterocycles. The number of halogens is 2. The first-order valence-corrected chi connectivity index (χ1v) is 11.9. The molecule has 0 atom stereocenters. The Balaban J connectivity index is 1.19. The van der Waals surface area contributed by atoms with Gasteiger partial charge in [-0.15, -0.1) is 0 Å². The number of rotatable bonds is 8. The number of hydrogen-bond acceptors (Lipinski definition) is 6. The maximum absolute atomic E-state index is 13.4. The van der Waals surface area contributed by atoms with E-state index in [1.807, 2.05) is 30.3 Å². The second-order valence-corrected chi connectivity index (χ2v) is 8.94. The molecule has 176 valence electrons. The summed E-state index contributed by atoms with van der Waals surface area (Å²) < 4.78 is 15.6. The van der Waals surface area contributed by atoms with Gasteiger partial charge in [0.1, 0.15) is 23.1 Å². The minimum atomic E-state index is -0.222. The summed E-state index contributed by atoms with van der Waals surface area (Å²) in [5.74, 6) is 1.39. The third-order valence-corrected chi connectivity index (χ3v) is 6.40. The number of para-hydroxylation sites is 2. The number of hydrogen-bond donors (Lipinski definition) is 2. The third kappa shape index (κ3) is 5.46. The number of benzene rings is 2. The molecular formula is C25H27ClFN7. The van der Waals surface area contributed by atoms with Gasteiger partial charge in [0.25, 0.3) is 0 Å². The molecule has 0 amide bonds. The van der Waals surface area contributed by atoms with Gasteiger partial charge in [-0.1, -0.05) is 35.9 Å². The lowest BCUT2D eigenvalue weighted by Gasteiger charge is -2.32. The first-order chi connectivity index (χ1) is 16.6. The van der Waals surface area contributed by atoms with Crippen molar-refractivity contribution < 1.29 is 4.39 Å². The molecule has 2 aromatic carbocycles. The molecule has 1 aliphatic rings. The summed E-state index contributed by atoms with van der Waals surface area (Å²) in [6.45, 7) is 4.42.